The summed E-state index contributed by atoms with van der Waals surface area (Å²) >= 11 is 0. The zero-order valence-corrected chi connectivity index (χ0v) is 13.2. The van der Waals surface area contributed by atoms with Crippen LogP contribution in [0.1, 0.15) is 59.3 Å². The summed E-state index contributed by atoms with van der Waals surface area (Å²) in [5.41, 5.74) is 6.56. The maximum atomic E-state index is 6.27. The third-order valence-electron chi connectivity index (χ3n) is 5.52. The van der Waals surface area contributed by atoms with E-state index in [2.05, 4.69) is 30.6 Å². The molecule has 2 saturated heterocycles. The third kappa shape index (κ3) is 3.14. The standard InChI is InChI=1S/C16H33N3/c1-4-15-7-5-11-19(15)16(13-17)8-6-10-18(12-9-16)14(2)3/h14-15H,4-13,17H2,1-3H3. The largest absolute Gasteiger partial charge is 0.329 e. The van der Waals surface area contributed by atoms with Gasteiger partial charge in [0.15, 0.2) is 0 Å². The Balaban J connectivity index is 2.09. The fourth-order valence-corrected chi connectivity index (χ4v) is 4.21. The average Bonchev–Trinajstić information content (AvgIpc) is 2.78. The molecule has 2 unspecified atom stereocenters. The molecule has 0 aliphatic carbocycles. The Hall–Kier alpha value is -0.120. The molecule has 2 heterocycles. The Morgan fingerprint density at radius 3 is 2.58 bits per heavy atom. The van der Waals surface area contributed by atoms with E-state index in [1.54, 1.807) is 0 Å². The summed E-state index contributed by atoms with van der Waals surface area (Å²) in [5, 5.41) is 0. The van der Waals surface area contributed by atoms with Crippen LogP contribution >= 0.6 is 0 Å². The molecule has 0 aromatic heterocycles. The predicted molar refractivity (Wildman–Crippen MR) is 82.4 cm³/mol. The van der Waals surface area contributed by atoms with Gasteiger partial charge in [0.25, 0.3) is 0 Å². The number of likely N-dealkylation sites (tertiary alicyclic amines) is 2. The van der Waals surface area contributed by atoms with Crippen molar-refractivity contribution >= 4 is 0 Å². The predicted octanol–water partition coefficient (Wildman–Crippen LogP) is 2.45. The molecule has 19 heavy (non-hydrogen) atoms. The molecule has 112 valence electrons. The SMILES string of the molecule is CCC1CCCN1C1(CN)CCCN(C(C)C)CC1. The van der Waals surface area contributed by atoms with Crippen LogP contribution in [0, 0.1) is 0 Å². The van der Waals surface area contributed by atoms with Crippen molar-refractivity contribution in [1.82, 2.24) is 9.80 Å². The van der Waals surface area contributed by atoms with E-state index in [0.29, 0.717) is 11.6 Å². The molecule has 2 atom stereocenters. The first-order chi connectivity index (χ1) is 9.13. The molecule has 0 amide bonds. The smallest absolute Gasteiger partial charge is 0.0347 e. The Morgan fingerprint density at radius 2 is 1.95 bits per heavy atom. The van der Waals surface area contributed by atoms with Crippen molar-refractivity contribution < 1.29 is 0 Å². The van der Waals surface area contributed by atoms with Crippen LogP contribution in [-0.4, -0.2) is 53.6 Å². The number of rotatable bonds is 4. The van der Waals surface area contributed by atoms with Gasteiger partial charge in [-0.2, -0.15) is 0 Å². The lowest BCUT2D eigenvalue weighted by Gasteiger charge is -2.44. The van der Waals surface area contributed by atoms with E-state index in [-0.39, 0.29) is 0 Å². The van der Waals surface area contributed by atoms with E-state index in [1.165, 1.54) is 58.2 Å². The van der Waals surface area contributed by atoms with E-state index in [0.717, 1.165) is 12.6 Å². The van der Waals surface area contributed by atoms with Crippen molar-refractivity contribution in [2.45, 2.75) is 76.9 Å². The molecule has 0 aromatic carbocycles. The number of nitrogens with two attached hydrogens (primary N) is 1. The van der Waals surface area contributed by atoms with Crippen molar-refractivity contribution in [2.75, 3.05) is 26.2 Å². The highest BCUT2D eigenvalue weighted by Crippen LogP contribution is 2.35. The Morgan fingerprint density at radius 1 is 1.16 bits per heavy atom. The van der Waals surface area contributed by atoms with Crippen LogP contribution in [0.3, 0.4) is 0 Å². The highest BCUT2D eigenvalue weighted by molar-refractivity contribution is 4.99. The minimum atomic E-state index is 0.292. The normalized spacial score (nSPS) is 34.9. The van der Waals surface area contributed by atoms with Gasteiger partial charge in [-0.05, 0) is 65.5 Å². The topological polar surface area (TPSA) is 32.5 Å². The third-order valence-corrected chi connectivity index (χ3v) is 5.52. The highest BCUT2D eigenvalue weighted by atomic mass is 15.3. The van der Waals surface area contributed by atoms with Gasteiger partial charge < -0.3 is 10.6 Å². The second-order valence-electron chi connectivity index (χ2n) is 6.81. The quantitative estimate of drug-likeness (QED) is 0.849. The minimum Gasteiger partial charge on any atom is -0.329 e. The second-order valence-corrected chi connectivity index (χ2v) is 6.81. The Labute approximate surface area is 119 Å². The van der Waals surface area contributed by atoms with Gasteiger partial charge in [-0.15, -0.1) is 0 Å². The van der Waals surface area contributed by atoms with Crippen molar-refractivity contribution in [1.29, 1.82) is 0 Å². The fourth-order valence-electron chi connectivity index (χ4n) is 4.21. The summed E-state index contributed by atoms with van der Waals surface area (Å²) in [6.45, 7) is 11.6. The molecule has 2 aliphatic rings. The Kier molecular flexibility index (Phi) is 5.27. The lowest BCUT2D eigenvalue weighted by molar-refractivity contribution is 0.0625. The molecule has 3 nitrogen and oxygen atoms in total. The van der Waals surface area contributed by atoms with Crippen LogP contribution in [0.4, 0.5) is 0 Å². The molecule has 2 N–H and O–H groups in total. The van der Waals surface area contributed by atoms with Crippen LogP contribution in [-0.2, 0) is 0 Å². The summed E-state index contributed by atoms with van der Waals surface area (Å²) < 4.78 is 0. The molecule has 0 spiro atoms. The molecule has 0 aromatic rings. The van der Waals surface area contributed by atoms with E-state index < -0.39 is 0 Å². The monoisotopic (exact) mass is 267 g/mol. The highest BCUT2D eigenvalue weighted by Gasteiger charge is 2.42. The van der Waals surface area contributed by atoms with E-state index in [9.17, 15) is 0 Å². The van der Waals surface area contributed by atoms with Gasteiger partial charge in [-0.1, -0.05) is 6.92 Å². The first kappa shape index (κ1) is 15.3. The molecule has 0 bridgehead atoms. The lowest BCUT2D eigenvalue weighted by Crippen LogP contribution is -2.56. The average molecular weight is 267 g/mol. The van der Waals surface area contributed by atoms with E-state index in [4.69, 9.17) is 5.73 Å². The molecular weight excluding hydrogens is 234 g/mol. The summed E-state index contributed by atoms with van der Waals surface area (Å²) in [6.07, 6.45) is 7.90. The summed E-state index contributed by atoms with van der Waals surface area (Å²) in [7, 11) is 0. The summed E-state index contributed by atoms with van der Waals surface area (Å²) in [4.78, 5) is 5.42. The zero-order chi connectivity index (χ0) is 13.9. The summed E-state index contributed by atoms with van der Waals surface area (Å²) in [6, 6.07) is 1.46. The van der Waals surface area contributed by atoms with Crippen molar-refractivity contribution in [3.05, 3.63) is 0 Å². The first-order valence-electron chi connectivity index (χ1n) is 8.34. The van der Waals surface area contributed by atoms with Crippen molar-refractivity contribution in [3.8, 4) is 0 Å². The van der Waals surface area contributed by atoms with Crippen LogP contribution in [0.15, 0.2) is 0 Å². The van der Waals surface area contributed by atoms with Gasteiger partial charge in [0, 0.05) is 30.7 Å². The van der Waals surface area contributed by atoms with Crippen LogP contribution in [0.5, 0.6) is 0 Å². The summed E-state index contributed by atoms with van der Waals surface area (Å²) in [5.74, 6) is 0. The number of hydrogen-bond donors (Lipinski definition) is 1. The first-order valence-corrected chi connectivity index (χ1v) is 8.34. The van der Waals surface area contributed by atoms with Crippen LogP contribution in [0.2, 0.25) is 0 Å². The van der Waals surface area contributed by atoms with Crippen LogP contribution < -0.4 is 5.73 Å². The molecule has 0 saturated carbocycles. The van der Waals surface area contributed by atoms with Gasteiger partial charge in [-0.3, -0.25) is 4.90 Å². The Bertz CT molecular complexity index is 279. The molecule has 2 aliphatic heterocycles. The van der Waals surface area contributed by atoms with E-state index in [1.807, 2.05) is 0 Å². The zero-order valence-electron chi connectivity index (χ0n) is 13.2. The van der Waals surface area contributed by atoms with Gasteiger partial charge in [0.1, 0.15) is 0 Å². The maximum Gasteiger partial charge on any atom is 0.0347 e. The number of hydrogen-bond acceptors (Lipinski definition) is 3. The van der Waals surface area contributed by atoms with Crippen molar-refractivity contribution in [2.24, 2.45) is 5.73 Å². The second kappa shape index (κ2) is 6.55. The van der Waals surface area contributed by atoms with Gasteiger partial charge in [-0.25, -0.2) is 0 Å². The van der Waals surface area contributed by atoms with Crippen molar-refractivity contribution in [3.63, 3.8) is 0 Å². The number of nitrogens with zero attached hydrogens (tertiary/aromatic N) is 2. The van der Waals surface area contributed by atoms with Gasteiger partial charge in [0.2, 0.25) is 0 Å². The minimum absolute atomic E-state index is 0.292. The fraction of sp³-hybridized carbons (Fsp3) is 1.00. The molecule has 2 fully saturated rings. The molecule has 2 rings (SSSR count). The van der Waals surface area contributed by atoms with Gasteiger partial charge in [0.05, 0.1) is 0 Å². The van der Waals surface area contributed by atoms with Gasteiger partial charge >= 0.3 is 0 Å². The molecular formula is C16H33N3. The lowest BCUT2D eigenvalue weighted by atomic mass is 9.87. The maximum absolute atomic E-state index is 6.27. The molecule has 3 heteroatoms. The van der Waals surface area contributed by atoms with Crippen LogP contribution in [0.25, 0.3) is 0 Å². The molecule has 0 radical (unpaired) electrons. The van der Waals surface area contributed by atoms with E-state index >= 15 is 0 Å².